The van der Waals surface area contributed by atoms with Crippen molar-refractivity contribution in [3.8, 4) is 0 Å². The molecule has 116 valence electrons. The van der Waals surface area contributed by atoms with Crippen LogP contribution >= 0.6 is 35.6 Å². The van der Waals surface area contributed by atoms with Crippen LogP contribution in [0.1, 0.15) is 18.9 Å². The lowest BCUT2D eigenvalue weighted by Gasteiger charge is -2.13. The van der Waals surface area contributed by atoms with Crippen molar-refractivity contribution >= 4 is 57.9 Å². The predicted molar refractivity (Wildman–Crippen MR) is 92.6 cm³/mol. The molecule has 1 fully saturated rings. The Hall–Kier alpha value is -1.37. The van der Waals surface area contributed by atoms with Crippen LogP contribution in [0.5, 0.6) is 0 Å². The van der Waals surface area contributed by atoms with E-state index in [2.05, 4.69) is 0 Å². The van der Waals surface area contributed by atoms with Crippen LogP contribution in [0.4, 0.5) is 0 Å². The minimum absolute atomic E-state index is 0.155. The number of thioether (sulfide) groups is 1. The van der Waals surface area contributed by atoms with Crippen molar-refractivity contribution in [3.63, 3.8) is 0 Å². The van der Waals surface area contributed by atoms with Crippen molar-refractivity contribution in [2.24, 2.45) is 0 Å². The fraction of sp³-hybridized carbons (Fsp3) is 0.267. The van der Waals surface area contributed by atoms with Crippen LogP contribution in [0.2, 0.25) is 5.02 Å². The molecule has 0 N–H and O–H groups in total. The van der Waals surface area contributed by atoms with E-state index in [9.17, 15) is 9.59 Å². The van der Waals surface area contributed by atoms with Gasteiger partial charge in [0.15, 0.2) is 0 Å². The Morgan fingerprint density at radius 2 is 2.27 bits per heavy atom. The van der Waals surface area contributed by atoms with E-state index >= 15 is 0 Å². The molecule has 0 aliphatic carbocycles. The zero-order valence-electron chi connectivity index (χ0n) is 11.9. The summed E-state index contributed by atoms with van der Waals surface area (Å²) in [4.78, 5) is 25.7. The monoisotopic (exact) mass is 355 g/mol. The number of hydrogen-bond donors (Lipinski definition) is 0. The lowest BCUT2D eigenvalue weighted by atomic mass is 10.2. The van der Waals surface area contributed by atoms with Gasteiger partial charge in [-0.1, -0.05) is 54.6 Å². The number of nitrogens with zero attached hydrogens (tertiary/aromatic N) is 1. The van der Waals surface area contributed by atoms with Crippen LogP contribution < -0.4 is 0 Å². The third-order valence-corrected chi connectivity index (χ3v) is 4.39. The second kappa shape index (κ2) is 7.76. The molecule has 0 atom stereocenters. The Morgan fingerprint density at radius 1 is 1.50 bits per heavy atom. The Bertz CT molecular complexity index is 645. The molecule has 1 heterocycles. The van der Waals surface area contributed by atoms with Crippen molar-refractivity contribution in [1.29, 1.82) is 0 Å². The van der Waals surface area contributed by atoms with E-state index in [0.29, 0.717) is 20.9 Å². The minimum Gasteiger partial charge on any atom is -0.464 e. The lowest BCUT2D eigenvalue weighted by Crippen LogP contribution is -2.34. The molecule has 1 amide bonds. The zero-order chi connectivity index (χ0) is 16.1. The zero-order valence-corrected chi connectivity index (χ0v) is 14.3. The summed E-state index contributed by atoms with van der Waals surface area (Å²) in [5, 5.41) is 0.590. The number of halogens is 1. The summed E-state index contributed by atoms with van der Waals surface area (Å²) in [7, 11) is 0. The normalized spacial score (nSPS) is 16.5. The van der Waals surface area contributed by atoms with Gasteiger partial charge in [-0.3, -0.25) is 14.5 Å². The standard InChI is InChI=1S/C15H14ClNO3S2/c1-2-6-20-13(18)9-17-14(19)12(22-15(17)21)8-10-4-3-5-11(16)7-10/h3-5,7-8H,2,6,9H2,1H3/b12-8-. The van der Waals surface area contributed by atoms with Gasteiger partial charge in [-0.2, -0.15) is 0 Å². The van der Waals surface area contributed by atoms with Crippen LogP contribution in [0, 0.1) is 0 Å². The van der Waals surface area contributed by atoms with Gasteiger partial charge in [-0.15, -0.1) is 0 Å². The maximum atomic E-state index is 12.3. The van der Waals surface area contributed by atoms with E-state index in [4.69, 9.17) is 28.6 Å². The number of amides is 1. The Labute approximate surface area is 143 Å². The van der Waals surface area contributed by atoms with Gasteiger partial charge in [0.1, 0.15) is 10.9 Å². The highest BCUT2D eigenvalue weighted by Gasteiger charge is 2.33. The second-order valence-corrected chi connectivity index (χ2v) is 6.66. The lowest BCUT2D eigenvalue weighted by molar-refractivity contribution is -0.146. The quantitative estimate of drug-likeness (QED) is 0.459. The Kier molecular flexibility index (Phi) is 5.99. The maximum Gasteiger partial charge on any atom is 0.326 e. The van der Waals surface area contributed by atoms with Gasteiger partial charge in [-0.05, 0) is 30.2 Å². The largest absolute Gasteiger partial charge is 0.464 e. The fourth-order valence-electron chi connectivity index (χ4n) is 1.77. The first kappa shape index (κ1) is 17.0. The molecule has 7 heteroatoms. The third kappa shape index (κ3) is 4.32. The third-order valence-electron chi connectivity index (χ3n) is 2.77. The van der Waals surface area contributed by atoms with E-state index in [1.54, 1.807) is 24.3 Å². The summed E-state index contributed by atoms with van der Waals surface area (Å²) in [5.74, 6) is -0.745. The molecule has 4 nitrogen and oxygen atoms in total. The molecule has 1 aromatic rings. The molecular weight excluding hydrogens is 342 g/mol. The van der Waals surface area contributed by atoms with Gasteiger partial charge < -0.3 is 4.74 Å². The first-order valence-electron chi connectivity index (χ1n) is 6.68. The van der Waals surface area contributed by atoms with Gasteiger partial charge in [0.05, 0.1) is 11.5 Å². The summed E-state index contributed by atoms with van der Waals surface area (Å²) < 4.78 is 5.33. The van der Waals surface area contributed by atoms with Gasteiger partial charge in [0.2, 0.25) is 0 Å². The summed E-state index contributed by atoms with van der Waals surface area (Å²) in [5.41, 5.74) is 0.807. The van der Waals surface area contributed by atoms with E-state index in [-0.39, 0.29) is 12.5 Å². The number of rotatable bonds is 5. The summed E-state index contributed by atoms with van der Waals surface area (Å²) in [6, 6.07) is 7.16. The molecule has 2 rings (SSSR count). The molecule has 0 bridgehead atoms. The SMILES string of the molecule is CCCOC(=O)CN1C(=O)/C(=C/c2cccc(Cl)c2)SC1=S. The average molecular weight is 356 g/mol. The van der Waals surface area contributed by atoms with Crippen molar-refractivity contribution in [2.75, 3.05) is 13.2 Å². The number of carbonyl (C=O) groups excluding carboxylic acids is 2. The number of carbonyl (C=O) groups is 2. The predicted octanol–water partition coefficient (Wildman–Crippen LogP) is 3.49. The highest BCUT2D eigenvalue weighted by Crippen LogP contribution is 2.32. The number of hydrogen-bond acceptors (Lipinski definition) is 5. The van der Waals surface area contributed by atoms with Crippen LogP contribution in [0.15, 0.2) is 29.2 Å². The first-order valence-corrected chi connectivity index (χ1v) is 8.28. The van der Waals surface area contributed by atoms with Gasteiger partial charge in [0, 0.05) is 5.02 Å². The maximum absolute atomic E-state index is 12.3. The van der Waals surface area contributed by atoms with Crippen LogP contribution in [-0.4, -0.2) is 34.2 Å². The first-order chi connectivity index (χ1) is 10.5. The molecule has 1 aliphatic heterocycles. The molecular formula is C15H14ClNO3S2. The summed E-state index contributed by atoms with van der Waals surface area (Å²) in [6.07, 6.45) is 2.45. The van der Waals surface area contributed by atoms with Crippen LogP contribution in [0.25, 0.3) is 6.08 Å². The van der Waals surface area contributed by atoms with Crippen LogP contribution in [-0.2, 0) is 14.3 Å². The number of esters is 1. The number of thiocarbonyl (C=S) groups is 1. The van der Waals surface area contributed by atoms with Crippen molar-refractivity contribution < 1.29 is 14.3 Å². The van der Waals surface area contributed by atoms with E-state index in [1.807, 2.05) is 13.0 Å². The molecule has 0 radical (unpaired) electrons. The molecule has 1 aliphatic rings. The molecule has 1 saturated heterocycles. The molecule has 0 aromatic heterocycles. The van der Waals surface area contributed by atoms with Crippen molar-refractivity contribution in [2.45, 2.75) is 13.3 Å². The minimum atomic E-state index is -0.456. The van der Waals surface area contributed by atoms with E-state index < -0.39 is 5.97 Å². The highest BCUT2D eigenvalue weighted by molar-refractivity contribution is 8.26. The van der Waals surface area contributed by atoms with Crippen molar-refractivity contribution in [1.82, 2.24) is 4.90 Å². The van der Waals surface area contributed by atoms with E-state index in [0.717, 1.165) is 12.0 Å². The fourth-order valence-corrected chi connectivity index (χ4v) is 3.23. The Balaban J connectivity index is 2.10. The average Bonchev–Trinajstić information content (AvgIpc) is 2.73. The van der Waals surface area contributed by atoms with Gasteiger partial charge >= 0.3 is 5.97 Å². The van der Waals surface area contributed by atoms with Crippen LogP contribution in [0.3, 0.4) is 0 Å². The number of benzene rings is 1. The van der Waals surface area contributed by atoms with Gasteiger partial charge in [-0.25, -0.2) is 0 Å². The van der Waals surface area contributed by atoms with Gasteiger partial charge in [0.25, 0.3) is 5.91 Å². The molecule has 0 unspecified atom stereocenters. The second-order valence-electron chi connectivity index (χ2n) is 4.54. The molecule has 1 aromatic carbocycles. The molecule has 22 heavy (non-hydrogen) atoms. The smallest absolute Gasteiger partial charge is 0.326 e. The Morgan fingerprint density at radius 3 is 2.95 bits per heavy atom. The molecule has 0 saturated carbocycles. The topological polar surface area (TPSA) is 46.6 Å². The summed E-state index contributed by atoms with van der Waals surface area (Å²) >= 11 is 12.3. The molecule has 0 spiro atoms. The van der Waals surface area contributed by atoms with Crippen molar-refractivity contribution in [3.05, 3.63) is 39.8 Å². The van der Waals surface area contributed by atoms with E-state index in [1.165, 1.54) is 16.7 Å². The highest BCUT2D eigenvalue weighted by atomic mass is 35.5. The number of ether oxygens (including phenoxy) is 1. The summed E-state index contributed by atoms with van der Waals surface area (Å²) in [6.45, 7) is 2.09.